The fourth-order valence-corrected chi connectivity index (χ4v) is 2.02. The van der Waals surface area contributed by atoms with Gasteiger partial charge < -0.3 is 9.47 Å². The Bertz CT molecular complexity index is 619. The van der Waals surface area contributed by atoms with E-state index in [-0.39, 0.29) is 5.97 Å². The molecule has 4 nitrogen and oxygen atoms in total. The van der Waals surface area contributed by atoms with Gasteiger partial charge >= 0.3 is 5.97 Å². The van der Waals surface area contributed by atoms with E-state index in [2.05, 4.69) is 4.74 Å². The van der Waals surface area contributed by atoms with E-state index >= 15 is 0 Å². The van der Waals surface area contributed by atoms with Crippen LogP contribution >= 0.6 is 0 Å². The lowest BCUT2D eigenvalue weighted by atomic mass is 10.0. The van der Waals surface area contributed by atoms with Crippen molar-refractivity contribution in [2.24, 2.45) is 0 Å². The molecule has 0 saturated heterocycles. The SMILES string of the molecule is COC(=O)CCCOc1ccc2ccccc2c1C=O. The minimum absolute atomic E-state index is 0.261. The van der Waals surface area contributed by atoms with E-state index in [0.717, 1.165) is 17.1 Å². The summed E-state index contributed by atoms with van der Waals surface area (Å²) in [4.78, 5) is 22.3. The number of rotatable bonds is 6. The van der Waals surface area contributed by atoms with E-state index in [1.165, 1.54) is 7.11 Å². The summed E-state index contributed by atoms with van der Waals surface area (Å²) >= 11 is 0. The van der Waals surface area contributed by atoms with Gasteiger partial charge in [0.1, 0.15) is 5.75 Å². The molecule has 0 aliphatic heterocycles. The molecule has 0 unspecified atom stereocenters. The monoisotopic (exact) mass is 272 g/mol. The van der Waals surface area contributed by atoms with Crippen LogP contribution in [0.1, 0.15) is 23.2 Å². The van der Waals surface area contributed by atoms with Crippen LogP contribution in [0.3, 0.4) is 0 Å². The fraction of sp³-hybridized carbons (Fsp3) is 0.250. The van der Waals surface area contributed by atoms with Crippen LogP contribution in [0.15, 0.2) is 36.4 Å². The Morgan fingerprint density at radius 2 is 2.00 bits per heavy atom. The van der Waals surface area contributed by atoms with Crippen LogP contribution in [0.25, 0.3) is 10.8 Å². The summed E-state index contributed by atoms with van der Waals surface area (Å²) in [6, 6.07) is 11.3. The van der Waals surface area contributed by atoms with Gasteiger partial charge in [0.25, 0.3) is 0 Å². The van der Waals surface area contributed by atoms with Crippen molar-refractivity contribution in [3.05, 3.63) is 42.0 Å². The van der Waals surface area contributed by atoms with Crippen LogP contribution in [0.5, 0.6) is 5.75 Å². The first-order valence-electron chi connectivity index (χ1n) is 6.43. The zero-order valence-corrected chi connectivity index (χ0v) is 11.3. The number of methoxy groups -OCH3 is 1. The van der Waals surface area contributed by atoms with Crippen molar-refractivity contribution in [3.8, 4) is 5.75 Å². The molecule has 0 aliphatic rings. The molecule has 2 aromatic carbocycles. The average Bonchev–Trinajstić information content (AvgIpc) is 2.50. The molecule has 0 fully saturated rings. The molecule has 0 N–H and O–H groups in total. The van der Waals surface area contributed by atoms with Gasteiger partial charge in [-0.3, -0.25) is 9.59 Å². The van der Waals surface area contributed by atoms with Crippen LogP contribution in [0, 0.1) is 0 Å². The van der Waals surface area contributed by atoms with Crippen LogP contribution < -0.4 is 4.74 Å². The maximum absolute atomic E-state index is 11.3. The molecule has 0 amide bonds. The molecular formula is C16H16O4. The number of hydrogen-bond donors (Lipinski definition) is 0. The van der Waals surface area contributed by atoms with Crippen molar-refractivity contribution in [2.45, 2.75) is 12.8 Å². The third kappa shape index (κ3) is 3.15. The number of hydrogen-bond acceptors (Lipinski definition) is 4. The lowest BCUT2D eigenvalue weighted by molar-refractivity contribution is -0.140. The number of benzene rings is 2. The van der Waals surface area contributed by atoms with E-state index in [1.54, 1.807) is 6.07 Å². The molecule has 0 bridgehead atoms. The summed E-state index contributed by atoms with van der Waals surface area (Å²) in [5.74, 6) is 0.284. The maximum atomic E-state index is 11.3. The maximum Gasteiger partial charge on any atom is 0.305 e. The summed E-state index contributed by atoms with van der Waals surface area (Å²) in [6.07, 6.45) is 1.66. The van der Waals surface area contributed by atoms with Gasteiger partial charge in [-0.1, -0.05) is 30.3 Å². The van der Waals surface area contributed by atoms with Gasteiger partial charge in [0, 0.05) is 6.42 Å². The molecule has 0 aliphatic carbocycles. The van der Waals surface area contributed by atoms with Crippen molar-refractivity contribution in [1.29, 1.82) is 0 Å². The summed E-state index contributed by atoms with van der Waals surface area (Å²) in [6.45, 7) is 0.369. The van der Waals surface area contributed by atoms with Crippen LogP contribution in [-0.4, -0.2) is 26.0 Å². The highest BCUT2D eigenvalue weighted by Gasteiger charge is 2.08. The first-order valence-corrected chi connectivity index (χ1v) is 6.43. The normalized spacial score (nSPS) is 10.2. The molecule has 0 spiro atoms. The number of carbonyl (C=O) groups excluding carboxylic acids is 2. The third-order valence-corrected chi connectivity index (χ3v) is 3.06. The van der Waals surface area contributed by atoms with Crippen molar-refractivity contribution in [1.82, 2.24) is 0 Å². The Morgan fingerprint density at radius 3 is 2.75 bits per heavy atom. The summed E-state index contributed by atoms with van der Waals surface area (Å²) < 4.78 is 10.1. The largest absolute Gasteiger partial charge is 0.493 e. The van der Waals surface area contributed by atoms with Gasteiger partial charge in [0.05, 0.1) is 19.3 Å². The number of carbonyl (C=O) groups is 2. The van der Waals surface area contributed by atoms with Crippen molar-refractivity contribution >= 4 is 23.0 Å². The van der Waals surface area contributed by atoms with Gasteiger partial charge in [-0.05, 0) is 23.3 Å². The highest BCUT2D eigenvalue weighted by atomic mass is 16.5. The van der Waals surface area contributed by atoms with Gasteiger partial charge in [-0.15, -0.1) is 0 Å². The van der Waals surface area contributed by atoms with E-state index in [1.807, 2.05) is 30.3 Å². The number of esters is 1. The zero-order chi connectivity index (χ0) is 14.4. The summed E-state index contributed by atoms with van der Waals surface area (Å²) in [5, 5.41) is 1.87. The number of aldehydes is 1. The number of fused-ring (bicyclic) bond motifs is 1. The van der Waals surface area contributed by atoms with Crippen LogP contribution in [-0.2, 0) is 9.53 Å². The molecule has 2 aromatic rings. The van der Waals surface area contributed by atoms with Crippen molar-refractivity contribution < 1.29 is 19.1 Å². The Labute approximate surface area is 117 Å². The molecule has 2 rings (SSSR count). The smallest absolute Gasteiger partial charge is 0.305 e. The highest BCUT2D eigenvalue weighted by molar-refractivity contribution is 6.00. The Kier molecular flexibility index (Phi) is 4.71. The molecule has 20 heavy (non-hydrogen) atoms. The molecule has 0 saturated carbocycles. The van der Waals surface area contributed by atoms with Gasteiger partial charge in [-0.2, -0.15) is 0 Å². The molecule has 0 radical (unpaired) electrons. The number of ether oxygens (including phenoxy) is 2. The van der Waals surface area contributed by atoms with Gasteiger partial charge in [-0.25, -0.2) is 0 Å². The standard InChI is InChI=1S/C16H16O4/c1-19-16(18)7-4-10-20-15-9-8-12-5-2-3-6-13(12)14(15)11-17/h2-3,5-6,8-9,11H,4,7,10H2,1H3. The van der Waals surface area contributed by atoms with Crippen LogP contribution in [0.2, 0.25) is 0 Å². The van der Waals surface area contributed by atoms with Crippen molar-refractivity contribution in [2.75, 3.05) is 13.7 Å². The second-order valence-corrected chi connectivity index (χ2v) is 4.34. The quantitative estimate of drug-likeness (QED) is 0.461. The predicted octanol–water partition coefficient (Wildman–Crippen LogP) is 2.98. The lowest BCUT2D eigenvalue weighted by Gasteiger charge is -2.10. The molecule has 0 atom stereocenters. The molecule has 0 heterocycles. The lowest BCUT2D eigenvalue weighted by Crippen LogP contribution is -2.05. The summed E-state index contributed by atoms with van der Waals surface area (Å²) in [5.41, 5.74) is 0.543. The minimum Gasteiger partial charge on any atom is -0.493 e. The van der Waals surface area contributed by atoms with Crippen molar-refractivity contribution in [3.63, 3.8) is 0 Å². The minimum atomic E-state index is -0.261. The third-order valence-electron chi connectivity index (χ3n) is 3.06. The highest BCUT2D eigenvalue weighted by Crippen LogP contribution is 2.26. The predicted molar refractivity (Wildman–Crippen MR) is 76.1 cm³/mol. The zero-order valence-electron chi connectivity index (χ0n) is 11.3. The van der Waals surface area contributed by atoms with E-state index in [4.69, 9.17) is 4.74 Å². The fourth-order valence-electron chi connectivity index (χ4n) is 2.02. The van der Waals surface area contributed by atoms with E-state index in [0.29, 0.717) is 30.8 Å². The van der Waals surface area contributed by atoms with Gasteiger partial charge in [0.2, 0.25) is 0 Å². The van der Waals surface area contributed by atoms with Crippen LogP contribution in [0.4, 0.5) is 0 Å². The average molecular weight is 272 g/mol. The van der Waals surface area contributed by atoms with E-state index < -0.39 is 0 Å². The molecule has 0 aromatic heterocycles. The second kappa shape index (κ2) is 6.70. The van der Waals surface area contributed by atoms with E-state index in [9.17, 15) is 9.59 Å². The first-order chi connectivity index (χ1) is 9.76. The second-order valence-electron chi connectivity index (χ2n) is 4.34. The summed E-state index contributed by atoms with van der Waals surface area (Å²) in [7, 11) is 1.36. The Balaban J connectivity index is 2.10. The first kappa shape index (κ1) is 14.1. The topological polar surface area (TPSA) is 52.6 Å². The molecule has 4 heteroatoms. The Morgan fingerprint density at radius 1 is 1.20 bits per heavy atom. The molecular weight excluding hydrogens is 256 g/mol. The van der Waals surface area contributed by atoms with Gasteiger partial charge in [0.15, 0.2) is 6.29 Å². The molecule has 104 valence electrons. The Hall–Kier alpha value is -2.36.